The Morgan fingerprint density at radius 3 is 2.74 bits per heavy atom. The van der Waals surface area contributed by atoms with Crippen molar-refractivity contribution in [3.05, 3.63) is 27.6 Å². The largest absolute Gasteiger partial charge is 0.326 e. The number of sulfonamides is 1. The summed E-state index contributed by atoms with van der Waals surface area (Å²) in [5.41, 5.74) is -0.484. The minimum absolute atomic E-state index is 0.00991. The first-order valence-corrected chi connectivity index (χ1v) is 8.06. The summed E-state index contributed by atoms with van der Waals surface area (Å²) in [5, 5.41) is -0.110. The SMILES string of the molecule is CC(C)C1CCCN1S(=O)(=O)c1c[nH]c(=O)c(Cl)c1. The van der Waals surface area contributed by atoms with Gasteiger partial charge in [-0.2, -0.15) is 4.31 Å². The monoisotopic (exact) mass is 304 g/mol. The molecule has 1 aliphatic rings. The fraction of sp³-hybridized carbons (Fsp3) is 0.583. The standard InChI is InChI=1S/C12H17ClN2O3S/c1-8(2)11-4-3-5-15(11)19(17,18)9-6-10(13)12(16)14-7-9/h6-8,11H,3-5H2,1-2H3,(H,14,16). The number of nitrogens with one attached hydrogen (secondary N) is 1. The van der Waals surface area contributed by atoms with E-state index in [0.717, 1.165) is 12.8 Å². The van der Waals surface area contributed by atoms with Gasteiger partial charge in [-0.05, 0) is 24.8 Å². The van der Waals surface area contributed by atoms with Gasteiger partial charge in [-0.25, -0.2) is 8.42 Å². The Labute approximate surface area is 117 Å². The molecule has 19 heavy (non-hydrogen) atoms. The zero-order valence-electron chi connectivity index (χ0n) is 10.9. The topological polar surface area (TPSA) is 70.2 Å². The van der Waals surface area contributed by atoms with E-state index in [0.29, 0.717) is 6.54 Å². The van der Waals surface area contributed by atoms with Crippen molar-refractivity contribution >= 4 is 21.6 Å². The quantitative estimate of drug-likeness (QED) is 0.926. The Bertz CT molecular complexity index is 624. The van der Waals surface area contributed by atoms with Crippen LogP contribution in [-0.2, 0) is 10.0 Å². The van der Waals surface area contributed by atoms with Crippen molar-refractivity contribution in [3.63, 3.8) is 0 Å². The highest BCUT2D eigenvalue weighted by Gasteiger charge is 2.36. The number of rotatable bonds is 3. The molecule has 1 saturated heterocycles. The van der Waals surface area contributed by atoms with Crippen LogP contribution in [0.3, 0.4) is 0 Å². The van der Waals surface area contributed by atoms with Gasteiger partial charge in [0.25, 0.3) is 5.56 Å². The molecule has 0 aliphatic carbocycles. The van der Waals surface area contributed by atoms with E-state index in [1.165, 1.54) is 16.6 Å². The molecule has 1 fully saturated rings. The maximum Gasteiger partial charge on any atom is 0.266 e. The third kappa shape index (κ3) is 2.70. The Morgan fingerprint density at radius 2 is 2.16 bits per heavy atom. The Kier molecular flexibility index (Phi) is 4.03. The number of nitrogens with zero attached hydrogens (tertiary/aromatic N) is 1. The van der Waals surface area contributed by atoms with Gasteiger partial charge < -0.3 is 4.98 Å². The maximum atomic E-state index is 12.6. The van der Waals surface area contributed by atoms with Crippen LogP contribution in [0, 0.1) is 5.92 Å². The summed E-state index contributed by atoms with van der Waals surface area (Å²) in [6, 6.07) is 1.22. The molecule has 0 aromatic carbocycles. The molecule has 0 saturated carbocycles. The summed E-state index contributed by atoms with van der Waals surface area (Å²) < 4.78 is 26.6. The second kappa shape index (κ2) is 5.26. The molecule has 1 aliphatic heterocycles. The molecule has 2 heterocycles. The van der Waals surface area contributed by atoms with E-state index in [1.807, 2.05) is 13.8 Å². The average Bonchev–Trinajstić information content (AvgIpc) is 2.82. The van der Waals surface area contributed by atoms with Gasteiger partial charge in [-0.3, -0.25) is 4.79 Å². The molecule has 1 aromatic heterocycles. The van der Waals surface area contributed by atoms with Crippen LogP contribution in [0.25, 0.3) is 0 Å². The minimum atomic E-state index is -3.59. The molecule has 1 unspecified atom stereocenters. The zero-order chi connectivity index (χ0) is 14.2. The van der Waals surface area contributed by atoms with Gasteiger partial charge in [0.1, 0.15) is 5.02 Å². The molecule has 5 nitrogen and oxygen atoms in total. The molecule has 0 radical (unpaired) electrons. The number of hydrogen-bond acceptors (Lipinski definition) is 3. The maximum absolute atomic E-state index is 12.6. The van der Waals surface area contributed by atoms with E-state index < -0.39 is 15.6 Å². The zero-order valence-corrected chi connectivity index (χ0v) is 12.5. The van der Waals surface area contributed by atoms with Crippen molar-refractivity contribution in [2.45, 2.75) is 37.6 Å². The van der Waals surface area contributed by atoms with E-state index >= 15 is 0 Å². The Balaban J connectivity index is 2.42. The summed E-state index contributed by atoms with van der Waals surface area (Å²) in [7, 11) is -3.59. The average molecular weight is 305 g/mol. The third-order valence-electron chi connectivity index (χ3n) is 3.46. The number of aromatic nitrogens is 1. The van der Waals surface area contributed by atoms with E-state index in [9.17, 15) is 13.2 Å². The summed E-state index contributed by atoms with van der Waals surface area (Å²) in [5.74, 6) is 0.260. The number of pyridine rings is 1. The molecule has 0 bridgehead atoms. The van der Waals surface area contributed by atoms with Gasteiger partial charge in [0, 0.05) is 18.8 Å². The molecule has 106 valence electrons. The van der Waals surface area contributed by atoms with Crippen LogP contribution < -0.4 is 5.56 Å². The highest BCUT2D eigenvalue weighted by Crippen LogP contribution is 2.30. The minimum Gasteiger partial charge on any atom is -0.326 e. The molecule has 7 heteroatoms. The molecular formula is C12H17ClN2O3S. The predicted molar refractivity (Wildman–Crippen MR) is 73.8 cm³/mol. The highest BCUT2D eigenvalue weighted by molar-refractivity contribution is 7.89. The van der Waals surface area contributed by atoms with Gasteiger partial charge in [-0.1, -0.05) is 25.4 Å². The van der Waals surface area contributed by atoms with E-state index in [2.05, 4.69) is 4.98 Å². The number of halogens is 1. The lowest BCUT2D eigenvalue weighted by Gasteiger charge is -2.26. The van der Waals surface area contributed by atoms with Gasteiger partial charge >= 0.3 is 0 Å². The fourth-order valence-corrected chi connectivity index (χ4v) is 4.51. The van der Waals surface area contributed by atoms with Crippen LogP contribution >= 0.6 is 11.6 Å². The molecule has 1 aromatic rings. The van der Waals surface area contributed by atoms with Gasteiger partial charge in [0.15, 0.2) is 0 Å². The molecule has 0 amide bonds. The predicted octanol–water partition coefficient (Wildman–Crippen LogP) is 1.84. The summed E-state index contributed by atoms with van der Waals surface area (Å²) >= 11 is 5.70. The summed E-state index contributed by atoms with van der Waals surface area (Å²) in [6.07, 6.45) is 2.94. The smallest absolute Gasteiger partial charge is 0.266 e. The first-order chi connectivity index (χ1) is 8.84. The van der Waals surface area contributed by atoms with Crippen LogP contribution in [0.2, 0.25) is 5.02 Å². The fourth-order valence-electron chi connectivity index (χ4n) is 2.45. The lowest BCUT2D eigenvalue weighted by atomic mass is 10.0. The summed E-state index contributed by atoms with van der Waals surface area (Å²) in [6.45, 7) is 4.54. The van der Waals surface area contributed by atoms with Crippen LogP contribution in [-0.4, -0.2) is 30.3 Å². The van der Waals surface area contributed by atoms with Crippen molar-refractivity contribution in [2.75, 3.05) is 6.54 Å². The van der Waals surface area contributed by atoms with Crippen molar-refractivity contribution in [3.8, 4) is 0 Å². The number of aromatic amines is 1. The van der Waals surface area contributed by atoms with Gasteiger partial charge in [0.2, 0.25) is 10.0 Å². The lowest BCUT2D eigenvalue weighted by Crippen LogP contribution is -2.38. The van der Waals surface area contributed by atoms with Crippen molar-refractivity contribution in [2.24, 2.45) is 5.92 Å². The number of hydrogen-bond donors (Lipinski definition) is 1. The van der Waals surface area contributed by atoms with Crippen molar-refractivity contribution in [1.82, 2.24) is 9.29 Å². The van der Waals surface area contributed by atoms with Crippen LogP contribution in [0.1, 0.15) is 26.7 Å². The Hall–Kier alpha value is -0.850. The molecule has 1 N–H and O–H groups in total. The molecule has 1 atom stereocenters. The molecule has 2 rings (SSSR count). The first kappa shape index (κ1) is 14.6. The van der Waals surface area contributed by atoms with E-state index in [-0.39, 0.29) is 21.9 Å². The molecular weight excluding hydrogens is 288 g/mol. The Morgan fingerprint density at radius 1 is 1.47 bits per heavy atom. The van der Waals surface area contributed by atoms with Crippen LogP contribution in [0.15, 0.2) is 22.0 Å². The highest BCUT2D eigenvalue weighted by atomic mass is 35.5. The van der Waals surface area contributed by atoms with Crippen molar-refractivity contribution in [1.29, 1.82) is 0 Å². The number of H-pyrrole nitrogens is 1. The van der Waals surface area contributed by atoms with Gasteiger partial charge in [0.05, 0.1) is 4.90 Å². The van der Waals surface area contributed by atoms with Gasteiger partial charge in [-0.15, -0.1) is 0 Å². The summed E-state index contributed by atoms with van der Waals surface area (Å²) in [4.78, 5) is 13.6. The first-order valence-electron chi connectivity index (χ1n) is 6.24. The van der Waals surface area contributed by atoms with Crippen LogP contribution in [0.5, 0.6) is 0 Å². The van der Waals surface area contributed by atoms with Crippen molar-refractivity contribution < 1.29 is 8.42 Å². The second-order valence-electron chi connectivity index (χ2n) is 5.08. The second-order valence-corrected chi connectivity index (χ2v) is 7.38. The molecule has 0 spiro atoms. The normalized spacial score (nSPS) is 21.2. The van der Waals surface area contributed by atoms with E-state index in [1.54, 1.807) is 0 Å². The lowest BCUT2D eigenvalue weighted by molar-refractivity contribution is 0.315. The third-order valence-corrected chi connectivity index (χ3v) is 5.64. The van der Waals surface area contributed by atoms with Crippen LogP contribution in [0.4, 0.5) is 0 Å². The van der Waals surface area contributed by atoms with E-state index in [4.69, 9.17) is 11.6 Å².